The number of carboxylic acid groups (broad SMARTS) is 1. The Labute approximate surface area is 870 Å². The molecule has 0 atom stereocenters. The second-order valence-electron chi connectivity index (χ2n) is 29.8. The molecule has 0 unspecified atom stereocenters. The Morgan fingerprint density at radius 3 is 0.703 bits per heavy atom. The van der Waals surface area contributed by atoms with Gasteiger partial charge in [-0.1, -0.05) is 112 Å². The zero-order chi connectivity index (χ0) is 104. The average molecular weight is 2090 g/mol. The Hall–Kier alpha value is -10.0. The van der Waals surface area contributed by atoms with E-state index < -0.39 is 5.97 Å². The predicted octanol–water partition coefficient (Wildman–Crippen LogP) is 10.8. The lowest BCUT2D eigenvalue weighted by atomic mass is 10.1. The number of hydroxylamine groups is 1. The molecule has 43 heteroatoms. The molecule has 0 fully saturated rings. The molecule has 8 amide bonds. The van der Waals surface area contributed by atoms with Gasteiger partial charge >= 0.3 is 5.97 Å². The second kappa shape index (κ2) is 113. The summed E-state index contributed by atoms with van der Waals surface area (Å²) in [5, 5.41) is 38.3. The van der Waals surface area contributed by atoms with Gasteiger partial charge in [0.1, 0.15) is 0 Å². The van der Waals surface area contributed by atoms with Crippen LogP contribution in [-0.2, 0) is 105 Å². The molecule has 0 aliphatic heterocycles. The normalized spacial score (nSPS) is 10.3. The minimum Gasteiger partial charge on any atom is -0.479 e. The summed E-state index contributed by atoms with van der Waals surface area (Å²) in [5.74, 6) is 1.84. The third kappa shape index (κ3) is 101. The van der Waals surface area contributed by atoms with Crippen LogP contribution < -0.4 is 81.6 Å². The molecule has 0 aliphatic rings. The van der Waals surface area contributed by atoms with Gasteiger partial charge in [-0.3, -0.25) is 64.1 Å². The van der Waals surface area contributed by atoms with E-state index in [9.17, 15) is 52.7 Å². The molecule has 0 bridgehead atoms. The number of hydrazine groups is 1. The molecule has 0 saturated carbocycles. The number of carboxylic acids is 1. The van der Waals surface area contributed by atoms with Gasteiger partial charge in [0.05, 0.1) is 117 Å². The molecule has 4 rings (SSSR count). The lowest BCUT2D eigenvalue weighted by Crippen LogP contribution is -2.26. The summed E-state index contributed by atoms with van der Waals surface area (Å²) in [5.41, 5.74) is 27.6. The van der Waals surface area contributed by atoms with E-state index >= 15 is 0 Å². The van der Waals surface area contributed by atoms with Crippen molar-refractivity contribution in [2.75, 3.05) is 260 Å². The van der Waals surface area contributed by atoms with Crippen LogP contribution >= 0.6 is 11.6 Å². The van der Waals surface area contributed by atoms with Crippen LogP contribution in [0.2, 0.25) is 0 Å². The Kier molecular flexibility index (Phi) is 117. The fourth-order valence-electron chi connectivity index (χ4n) is 10.7. The van der Waals surface area contributed by atoms with Crippen LogP contribution in [0.15, 0.2) is 107 Å². The number of hydrogen-bond donors (Lipinski definition) is 16. The molecular formula is C102H186ClN17O25. The van der Waals surface area contributed by atoms with Gasteiger partial charge in [0, 0.05) is 192 Å². The highest BCUT2D eigenvalue weighted by Crippen LogP contribution is 2.17. The van der Waals surface area contributed by atoms with Gasteiger partial charge in [0.2, 0.25) is 47.3 Å². The van der Waals surface area contributed by atoms with Crippen molar-refractivity contribution in [1.82, 2.24) is 43.0 Å². The van der Waals surface area contributed by atoms with E-state index in [4.69, 9.17) is 73.4 Å². The molecule has 0 saturated heterocycles. The number of nitrogens with one attached hydrogen (secondary N) is 12. The number of aliphatic carboxylic acids is 1. The van der Waals surface area contributed by atoms with Crippen LogP contribution in [0.3, 0.4) is 0 Å². The third-order valence-electron chi connectivity index (χ3n) is 17.8. The molecule has 836 valence electrons. The lowest BCUT2D eigenvalue weighted by molar-refractivity contribution is -0.144. The Balaban J connectivity index is -0.000000273. The summed E-state index contributed by atoms with van der Waals surface area (Å²) >= 11 is 4.64. The van der Waals surface area contributed by atoms with Gasteiger partial charge in [0.15, 0.2) is 18.2 Å². The molecule has 0 aliphatic carbocycles. The Bertz CT molecular complexity index is 3670. The minimum absolute atomic E-state index is 0. The third-order valence-corrected chi connectivity index (χ3v) is 17.8. The summed E-state index contributed by atoms with van der Waals surface area (Å²) in [6.07, 6.45) is 11.2. The highest BCUT2D eigenvalue weighted by atomic mass is 35.5. The average Bonchev–Trinajstić information content (AvgIpc) is 0.886. The van der Waals surface area contributed by atoms with Gasteiger partial charge < -0.3 is 127 Å². The number of nitrogens with zero attached hydrogens (tertiary/aromatic N) is 2. The summed E-state index contributed by atoms with van der Waals surface area (Å²) in [6.45, 7) is 27.5. The molecule has 0 aromatic heterocycles. The quantitative estimate of drug-likeness (QED) is 0.00487. The zero-order valence-electron chi connectivity index (χ0n) is 84.6. The number of rotatable bonds is 77. The van der Waals surface area contributed by atoms with Crippen molar-refractivity contribution in [3.8, 4) is 0 Å². The summed E-state index contributed by atoms with van der Waals surface area (Å²) < 4.78 is 64.8. The number of carbonyl (C=O) groups is 11. The SMILES string of the molecule is C.C.C.C.C.CC(=O)c1cccc(NC(=O)CCC(=O)NCCCOCCOCCOCCCN)c1.CCCCOCCOCCOCCCNC(=O)CCC(=O)Nc1cccc(/C(C)=N/NC)c1.CCCCOCCOCCOCCCNC(=O)CCC(=O)Nc1cccc(C(C)=O)c1.CCl.CN/N=C(\C)c1cccc(NC(=O)CCC(=O)NCCCOCCOCCOCCCN)c1.CNN.CNOCC(=O)O. The maximum Gasteiger partial charge on any atom is 0.331 e. The number of hydrazone groups is 2. The molecule has 42 nitrogen and oxygen atoms in total. The molecule has 19 N–H and O–H groups in total. The molecule has 0 heterocycles. The largest absolute Gasteiger partial charge is 0.479 e. The van der Waals surface area contributed by atoms with Gasteiger partial charge in [-0.05, 0) is 159 Å². The van der Waals surface area contributed by atoms with Crippen LogP contribution in [0.25, 0.3) is 0 Å². The fraction of sp³-hybridized carbons (Fsp3) is 0.637. The van der Waals surface area contributed by atoms with Crippen LogP contribution in [-0.4, -0.2) is 320 Å². The molecule has 0 radical (unpaired) electrons. The molecule has 145 heavy (non-hydrogen) atoms. The number of nitrogens with two attached hydrogens (primary N) is 3. The number of Topliss-reactive ketones (excluding diaryl/α,β-unsaturated/α-hetero) is 2. The zero-order valence-corrected chi connectivity index (χ0v) is 85.4. The van der Waals surface area contributed by atoms with E-state index in [0.29, 0.717) is 244 Å². The maximum atomic E-state index is 12.1. The number of ether oxygens (including phenoxy) is 12. The summed E-state index contributed by atoms with van der Waals surface area (Å²) in [7, 11) is 6.62. The smallest absolute Gasteiger partial charge is 0.331 e. The lowest BCUT2D eigenvalue weighted by Gasteiger charge is -2.09. The first kappa shape index (κ1) is 150. The standard InChI is InChI=1S/C24H40N4O5.C23H39N5O5.C23H36N2O6.C22H35N3O6.C3H7NO3.CH3Cl.CH6N2.5CH4/c1-4-5-13-31-15-17-33-18-16-32-14-7-12-26-23(29)10-11-24(30)27-22-9-6-8-21(19-22)20(2)28-25-3;1-19(28-25-2)20-6-3-7-21(18-20)27-23(30)9-8-22(29)26-11-5-13-32-15-17-33-16-14-31-12-4-10-24;1-3-4-12-29-14-16-31-17-15-30-13-6-11-24-22(27)9-10-23(28)25-21-8-5-7-20(18-21)19(2)26;1-18(26)19-5-2-6-20(17-19)25-22(28)8-7-21(27)24-10-4-12-30-14-16-31-15-13-29-11-3-9-23;1-4-7-2-3(5)6;1-2;1-3-2;;;;;/h6,8-9,19,25H,4-5,7,10-18H2,1-3H3,(H,26,29)(H,27,30);3,6-7,18,25H,4-5,8-17,24H2,1-2H3,(H,26,29)(H,27,30);5,7-8,18H,3-4,6,9-17H2,1-2H3,(H,24,27)(H,25,28);2,5-6,17H,3-4,7-16,23H2,1H3,(H,24,27)(H,25,28);4H,2H2,1H3,(H,5,6);1H3;3H,2H2,1H3;5*1H4/b28-20+;28-19+;;;;;;;;;;. The first-order chi connectivity index (χ1) is 67.9. The van der Waals surface area contributed by atoms with Crippen molar-refractivity contribution in [2.24, 2.45) is 27.5 Å². The van der Waals surface area contributed by atoms with Gasteiger partial charge in [-0.2, -0.15) is 10.2 Å². The van der Waals surface area contributed by atoms with E-state index in [2.05, 4.69) is 111 Å². The maximum absolute atomic E-state index is 12.1. The minimum atomic E-state index is -0.977. The van der Waals surface area contributed by atoms with Crippen molar-refractivity contribution < 1.29 is 120 Å². The van der Waals surface area contributed by atoms with Crippen LogP contribution in [0.5, 0.6) is 0 Å². The van der Waals surface area contributed by atoms with Gasteiger partial charge in [-0.25, -0.2) is 10.3 Å². The number of ketones is 2. The Morgan fingerprint density at radius 1 is 0.310 bits per heavy atom. The number of amides is 8. The highest BCUT2D eigenvalue weighted by molar-refractivity contribution is 6.15. The van der Waals surface area contributed by atoms with Gasteiger partial charge in [0.25, 0.3) is 0 Å². The van der Waals surface area contributed by atoms with Crippen molar-refractivity contribution in [3.63, 3.8) is 0 Å². The second-order valence-corrected chi connectivity index (χ2v) is 29.8. The molecule has 4 aromatic carbocycles. The first-order valence-corrected chi connectivity index (χ1v) is 48.3. The van der Waals surface area contributed by atoms with Crippen molar-refractivity contribution >= 4 is 111 Å². The summed E-state index contributed by atoms with van der Waals surface area (Å²) in [4.78, 5) is 132. The molecular weight excluding hydrogens is 1900 g/mol. The number of alkyl halides is 1. The Morgan fingerprint density at radius 2 is 0.510 bits per heavy atom. The topological polar surface area (TPSA) is 575 Å². The molecule has 4 aromatic rings. The first-order valence-electron chi connectivity index (χ1n) is 47.6. The number of hydrogen-bond acceptors (Lipinski definition) is 33. The monoisotopic (exact) mass is 2080 g/mol. The van der Waals surface area contributed by atoms with Crippen molar-refractivity contribution in [3.05, 3.63) is 119 Å². The van der Waals surface area contributed by atoms with Crippen LogP contribution in [0, 0.1) is 0 Å². The molecule has 0 spiro atoms. The number of anilines is 4. The van der Waals surface area contributed by atoms with Gasteiger partial charge in [-0.15, -0.1) is 11.6 Å². The number of carbonyl (C=O) groups excluding carboxylic acids is 10. The van der Waals surface area contributed by atoms with Crippen molar-refractivity contribution in [1.29, 1.82) is 0 Å². The fourth-order valence-corrected chi connectivity index (χ4v) is 10.7. The van der Waals surface area contributed by atoms with Crippen LogP contribution in [0.4, 0.5) is 22.7 Å². The number of halogens is 1. The van der Waals surface area contributed by atoms with E-state index in [-0.39, 0.29) is 154 Å². The van der Waals surface area contributed by atoms with E-state index in [1.807, 2.05) is 50.2 Å². The van der Waals surface area contributed by atoms with E-state index in [1.54, 1.807) is 81.8 Å². The number of benzene rings is 4. The summed E-state index contributed by atoms with van der Waals surface area (Å²) in [6, 6.07) is 28.2. The predicted molar refractivity (Wildman–Crippen MR) is 579 cm³/mol. The highest BCUT2D eigenvalue weighted by Gasteiger charge is 2.15. The van der Waals surface area contributed by atoms with E-state index in [0.717, 1.165) is 74.3 Å². The number of unbranched alkanes of at least 4 members (excludes halogenated alkanes) is 2. The van der Waals surface area contributed by atoms with Crippen LogP contribution in [0.1, 0.15) is 226 Å². The van der Waals surface area contributed by atoms with Crippen molar-refractivity contribution in [2.45, 2.75) is 194 Å². The van der Waals surface area contributed by atoms with E-state index in [1.165, 1.54) is 27.3 Å².